The van der Waals surface area contributed by atoms with Gasteiger partial charge in [0, 0.05) is 34.9 Å². The van der Waals surface area contributed by atoms with Crippen LogP contribution < -0.4 is 0 Å². The fourth-order valence-corrected chi connectivity index (χ4v) is 3.28. The zero-order valence-corrected chi connectivity index (χ0v) is 15.0. The zero-order valence-electron chi connectivity index (χ0n) is 13.4. The SMILES string of the molecule is CC(=O)OC1N=C(c2ccccc2)c2cc(Br)ccc2-n2ccnc21. The van der Waals surface area contributed by atoms with Gasteiger partial charge in [-0.1, -0.05) is 46.3 Å². The molecule has 0 radical (unpaired) electrons. The number of imidazole rings is 1. The highest BCUT2D eigenvalue weighted by molar-refractivity contribution is 9.10. The molecule has 2 aromatic carbocycles. The van der Waals surface area contributed by atoms with Crippen LogP contribution in [0.15, 0.2) is 70.4 Å². The molecule has 0 saturated heterocycles. The molecule has 3 aromatic rings. The Kier molecular flexibility index (Phi) is 3.97. The summed E-state index contributed by atoms with van der Waals surface area (Å²) in [5, 5.41) is 0. The minimum Gasteiger partial charge on any atom is -0.432 e. The average Bonchev–Trinajstić information content (AvgIpc) is 3.04. The predicted octanol–water partition coefficient (Wildman–Crippen LogP) is 4.05. The minimum absolute atomic E-state index is 0.400. The maximum Gasteiger partial charge on any atom is 0.304 e. The van der Waals surface area contributed by atoms with E-state index in [1.165, 1.54) is 6.92 Å². The first kappa shape index (κ1) is 15.8. The number of nitrogens with zero attached hydrogens (tertiary/aromatic N) is 3. The number of halogens is 1. The van der Waals surface area contributed by atoms with Gasteiger partial charge in [-0.25, -0.2) is 9.98 Å². The van der Waals surface area contributed by atoms with Crippen LogP contribution in [-0.4, -0.2) is 21.2 Å². The molecule has 6 heteroatoms. The number of carbonyl (C=O) groups excluding carboxylic acids is 1. The summed E-state index contributed by atoms with van der Waals surface area (Å²) in [5.41, 5.74) is 3.58. The first-order valence-corrected chi connectivity index (χ1v) is 8.57. The van der Waals surface area contributed by atoms with Crippen molar-refractivity contribution in [2.75, 3.05) is 0 Å². The van der Waals surface area contributed by atoms with Crippen molar-refractivity contribution in [3.05, 3.63) is 82.3 Å². The van der Waals surface area contributed by atoms with Crippen LogP contribution in [0.5, 0.6) is 0 Å². The van der Waals surface area contributed by atoms with Gasteiger partial charge in [0.1, 0.15) is 0 Å². The number of benzene rings is 2. The van der Waals surface area contributed by atoms with E-state index in [0.717, 1.165) is 27.0 Å². The molecule has 0 amide bonds. The van der Waals surface area contributed by atoms with Crippen molar-refractivity contribution in [1.29, 1.82) is 0 Å². The Bertz CT molecular complexity index is 979. The molecule has 0 spiro atoms. The molecule has 0 bridgehead atoms. The predicted molar refractivity (Wildman–Crippen MR) is 97.9 cm³/mol. The fourth-order valence-electron chi connectivity index (χ4n) is 2.92. The van der Waals surface area contributed by atoms with E-state index in [1.807, 2.05) is 59.3 Å². The van der Waals surface area contributed by atoms with Crippen LogP contribution in [0, 0.1) is 0 Å². The van der Waals surface area contributed by atoms with Gasteiger partial charge in [0.2, 0.25) is 0 Å². The molecule has 0 saturated carbocycles. The van der Waals surface area contributed by atoms with E-state index in [9.17, 15) is 4.79 Å². The average molecular weight is 396 g/mol. The Labute approximate surface area is 153 Å². The second-order valence-corrected chi connectivity index (χ2v) is 6.54. The van der Waals surface area contributed by atoms with Gasteiger partial charge in [-0.3, -0.25) is 9.36 Å². The van der Waals surface area contributed by atoms with E-state index in [2.05, 4.69) is 20.9 Å². The van der Waals surface area contributed by atoms with E-state index in [4.69, 9.17) is 9.73 Å². The topological polar surface area (TPSA) is 56.5 Å². The summed E-state index contributed by atoms with van der Waals surface area (Å²) < 4.78 is 8.31. The van der Waals surface area contributed by atoms with Gasteiger partial charge in [0.05, 0.1) is 11.4 Å². The van der Waals surface area contributed by atoms with Crippen molar-refractivity contribution in [1.82, 2.24) is 9.55 Å². The fraction of sp³-hybridized carbons (Fsp3) is 0.105. The van der Waals surface area contributed by atoms with Crippen LogP contribution in [0.25, 0.3) is 5.69 Å². The molecule has 124 valence electrons. The first-order valence-electron chi connectivity index (χ1n) is 7.77. The Morgan fingerprint density at radius 1 is 1.20 bits per heavy atom. The summed E-state index contributed by atoms with van der Waals surface area (Å²) in [5.74, 6) is 0.174. The molecule has 25 heavy (non-hydrogen) atoms. The van der Waals surface area contributed by atoms with Crippen LogP contribution >= 0.6 is 15.9 Å². The van der Waals surface area contributed by atoms with E-state index >= 15 is 0 Å². The summed E-state index contributed by atoms with van der Waals surface area (Å²) in [7, 11) is 0. The molecule has 1 aliphatic heterocycles. The van der Waals surface area contributed by atoms with Crippen LogP contribution in [0.3, 0.4) is 0 Å². The molecule has 1 aliphatic rings. The second-order valence-electron chi connectivity index (χ2n) is 5.62. The molecule has 5 nitrogen and oxygen atoms in total. The van der Waals surface area contributed by atoms with Crippen LogP contribution in [0.4, 0.5) is 0 Å². The van der Waals surface area contributed by atoms with E-state index in [1.54, 1.807) is 6.20 Å². The number of aliphatic imine (C=N–C) groups is 1. The molecular formula is C19H14BrN3O2. The molecule has 2 heterocycles. The van der Waals surface area contributed by atoms with Gasteiger partial charge in [0.15, 0.2) is 5.82 Å². The van der Waals surface area contributed by atoms with Crippen molar-refractivity contribution in [3.8, 4) is 5.69 Å². The number of rotatable bonds is 2. The quantitative estimate of drug-likeness (QED) is 0.615. The smallest absolute Gasteiger partial charge is 0.304 e. The minimum atomic E-state index is -0.797. The number of ether oxygens (including phenoxy) is 1. The number of esters is 1. The van der Waals surface area contributed by atoms with E-state index in [-0.39, 0.29) is 0 Å². The number of aromatic nitrogens is 2. The molecule has 1 unspecified atom stereocenters. The highest BCUT2D eigenvalue weighted by Crippen LogP contribution is 2.32. The molecular weight excluding hydrogens is 382 g/mol. The molecule has 1 aromatic heterocycles. The highest BCUT2D eigenvalue weighted by atomic mass is 79.9. The van der Waals surface area contributed by atoms with Crippen molar-refractivity contribution in [3.63, 3.8) is 0 Å². The van der Waals surface area contributed by atoms with Gasteiger partial charge in [-0.2, -0.15) is 0 Å². The lowest BCUT2D eigenvalue weighted by Gasteiger charge is -2.12. The maximum atomic E-state index is 11.6. The maximum absolute atomic E-state index is 11.6. The van der Waals surface area contributed by atoms with Gasteiger partial charge in [-0.15, -0.1) is 0 Å². The lowest BCUT2D eigenvalue weighted by atomic mass is 10.0. The monoisotopic (exact) mass is 395 g/mol. The van der Waals surface area contributed by atoms with E-state index in [0.29, 0.717) is 5.82 Å². The standard InChI is InChI=1S/C19H14BrN3O2/c1-12(24)25-19-18-21-9-10-23(18)16-8-7-14(20)11-15(16)17(22-19)13-5-3-2-4-6-13/h2-11,19H,1H3. The number of fused-ring (bicyclic) bond motifs is 3. The van der Waals surface area contributed by atoms with Gasteiger partial charge in [0.25, 0.3) is 6.23 Å². The molecule has 0 N–H and O–H groups in total. The number of hydrogen-bond acceptors (Lipinski definition) is 4. The molecule has 4 rings (SSSR count). The van der Waals surface area contributed by atoms with Crippen LogP contribution in [-0.2, 0) is 9.53 Å². The lowest BCUT2D eigenvalue weighted by molar-refractivity contribution is -0.146. The third-order valence-corrected chi connectivity index (χ3v) is 4.43. The highest BCUT2D eigenvalue weighted by Gasteiger charge is 2.27. The Morgan fingerprint density at radius 3 is 2.76 bits per heavy atom. The normalized spacial score (nSPS) is 15.6. The molecule has 0 aliphatic carbocycles. The van der Waals surface area contributed by atoms with Crippen molar-refractivity contribution in [2.24, 2.45) is 4.99 Å². The number of carbonyl (C=O) groups is 1. The van der Waals surface area contributed by atoms with Gasteiger partial charge < -0.3 is 4.74 Å². The van der Waals surface area contributed by atoms with Crippen LogP contribution in [0.2, 0.25) is 0 Å². The Morgan fingerprint density at radius 2 is 2.00 bits per heavy atom. The van der Waals surface area contributed by atoms with Crippen molar-refractivity contribution >= 4 is 27.6 Å². The largest absolute Gasteiger partial charge is 0.432 e. The van der Waals surface area contributed by atoms with Crippen molar-refractivity contribution < 1.29 is 9.53 Å². The molecule has 0 fully saturated rings. The second kappa shape index (κ2) is 6.29. The summed E-state index contributed by atoms with van der Waals surface area (Å²) >= 11 is 3.54. The summed E-state index contributed by atoms with van der Waals surface area (Å²) in [6.45, 7) is 1.37. The summed E-state index contributed by atoms with van der Waals surface area (Å²) in [4.78, 5) is 20.7. The summed E-state index contributed by atoms with van der Waals surface area (Å²) in [6.07, 6.45) is 2.73. The number of hydrogen-bond donors (Lipinski definition) is 0. The first-order chi connectivity index (χ1) is 12.1. The van der Waals surface area contributed by atoms with Crippen molar-refractivity contribution in [2.45, 2.75) is 13.2 Å². The third kappa shape index (κ3) is 2.89. The Hall–Kier alpha value is -2.73. The van der Waals surface area contributed by atoms with Crippen LogP contribution in [0.1, 0.15) is 30.1 Å². The van der Waals surface area contributed by atoms with Gasteiger partial charge >= 0.3 is 5.97 Å². The Balaban J connectivity index is 2.00. The third-order valence-electron chi connectivity index (χ3n) is 3.93. The lowest BCUT2D eigenvalue weighted by Crippen LogP contribution is -2.11. The zero-order chi connectivity index (χ0) is 17.4. The summed E-state index contributed by atoms with van der Waals surface area (Å²) in [6, 6.07) is 15.8. The van der Waals surface area contributed by atoms with E-state index < -0.39 is 12.2 Å². The molecule has 1 atom stereocenters. The van der Waals surface area contributed by atoms with Gasteiger partial charge in [-0.05, 0) is 18.2 Å².